The lowest BCUT2D eigenvalue weighted by Crippen LogP contribution is -1.93. The monoisotopic (exact) mass is 194 g/mol. The Bertz CT molecular complexity index is 238. The van der Waals surface area contributed by atoms with Gasteiger partial charge in [-0.05, 0) is 31.2 Å². The molecule has 0 saturated carbocycles. The van der Waals surface area contributed by atoms with E-state index in [1.54, 1.807) is 0 Å². The number of unbranched alkanes of at least 4 members (excludes halogenated alkanes) is 2. The van der Waals surface area contributed by atoms with Gasteiger partial charge in [0.25, 0.3) is 0 Å². The highest BCUT2D eigenvalue weighted by Crippen LogP contribution is 2.12. The summed E-state index contributed by atoms with van der Waals surface area (Å²) in [5.74, 6) is 0. The van der Waals surface area contributed by atoms with E-state index in [0.29, 0.717) is 0 Å². The summed E-state index contributed by atoms with van der Waals surface area (Å²) >= 11 is 0. The largest absolute Gasteiger partial charge is 0.275 e. The second-order valence-electron chi connectivity index (χ2n) is 3.98. The zero-order chi connectivity index (χ0) is 10.4. The fourth-order valence-corrected chi connectivity index (χ4v) is 1.71. The average molecular weight is 194 g/mol. The molecule has 2 nitrogen and oxygen atoms in total. The van der Waals surface area contributed by atoms with Crippen LogP contribution in [0.25, 0.3) is 0 Å². The first-order valence-corrected chi connectivity index (χ1v) is 5.79. The Morgan fingerprint density at radius 1 is 1.14 bits per heavy atom. The standard InChI is InChI=1S/C12H22N2/c1-4-6-8-11-10-14(3)13-12(11)9-7-5-2/h10H,4-9H2,1-3H3. The SMILES string of the molecule is CCCCc1cn(C)nc1CCCC. The molecule has 1 rings (SSSR count). The Hall–Kier alpha value is -0.790. The van der Waals surface area contributed by atoms with Crippen molar-refractivity contribution in [1.82, 2.24) is 9.78 Å². The van der Waals surface area contributed by atoms with E-state index in [-0.39, 0.29) is 0 Å². The highest BCUT2D eigenvalue weighted by atomic mass is 15.2. The summed E-state index contributed by atoms with van der Waals surface area (Å²) in [7, 11) is 2.02. The van der Waals surface area contributed by atoms with Gasteiger partial charge in [0, 0.05) is 13.2 Å². The first-order valence-electron chi connectivity index (χ1n) is 5.79. The fraction of sp³-hybridized carbons (Fsp3) is 0.750. The van der Waals surface area contributed by atoms with Gasteiger partial charge < -0.3 is 0 Å². The van der Waals surface area contributed by atoms with Crippen molar-refractivity contribution in [3.8, 4) is 0 Å². The van der Waals surface area contributed by atoms with Gasteiger partial charge in [-0.15, -0.1) is 0 Å². The van der Waals surface area contributed by atoms with E-state index in [1.807, 2.05) is 11.7 Å². The highest BCUT2D eigenvalue weighted by Gasteiger charge is 2.05. The molecule has 0 amide bonds. The molecule has 0 N–H and O–H groups in total. The summed E-state index contributed by atoms with van der Waals surface area (Å²) in [6.45, 7) is 4.47. The summed E-state index contributed by atoms with van der Waals surface area (Å²) in [5.41, 5.74) is 2.78. The van der Waals surface area contributed by atoms with E-state index < -0.39 is 0 Å². The molecule has 0 aliphatic rings. The van der Waals surface area contributed by atoms with Crippen molar-refractivity contribution in [3.05, 3.63) is 17.5 Å². The fourth-order valence-electron chi connectivity index (χ4n) is 1.71. The van der Waals surface area contributed by atoms with Gasteiger partial charge in [-0.2, -0.15) is 5.10 Å². The number of nitrogens with zero attached hydrogens (tertiary/aromatic N) is 2. The molecular weight excluding hydrogens is 172 g/mol. The van der Waals surface area contributed by atoms with Crippen molar-refractivity contribution in [2.24, 2.45) is 7.05 Å². The molecule has 0 aromatic carbocycles. The average Bonchev–Trinajstić information content (AvgIpc) is 2.52. The zero-order valence-electron chi connectivity index (χ0n) is 9.71. The number of aryl methyl sites for hydroxylation is 3. The van der Waals surface area contributed by atoms with Gasteiger partial charge in [0.1, 0.15) is 0 Å². The van der Waals surface area contributed by atoms with Crippen LogP contribution in [0.15, 0.2) is 6.20 Å². The number of hydrogen-bond donors (Lipinski definition) is 0. The van der Waals surface area contributed by atoms with Crippen LogP contribution in [0.4, 0.5) is 0 Å². The molecule has 0 spiro atoms. The minimum absolute atomic E-state index is 1.15. The molecule has 2 heteroatoms. The maximum atomic E-state index is 4.52. The van der Waals surface area contributed by atoms with E-state index in [2.05, 4.69) is 25.1 Å². The third kappa shape index (κ3) is 3.17. The Kier molecular flexibility index (Phi) is 4.71. The van der Waals surface area contributed by atoms with Crippen LogP contribution in [0.5, 0.6) is 0 Å². The zero-order valence-corrected chi connectivity index (χ0v) is 9.71. The molecule has 0 atom stereocenters. The Morgan fingerprint density at radius 3 is 2.43 bits per heavy atom. The van der Waals surface area contributed by atoms with Crippen molar-refractivity contribution in [1.29, 1.82) is 0 Å². The van der Waals surface area contributed by atoms with Crippen LogP contribution in [0.3, 0.4) is 0 Å². The first kappa shape index (κ1) is 11.3. The lowest BCUT2D eigenvalue weighted by molar-refractivity contribution is 0.710. The second kappa shape index (κ2) is 5.84. The van der Waals surface area contributed by atoms with Crippen molar-refractivity contribution in [3.63, 3.8) is 0 Å². The van der Waals surface area contributed by atoms with E-state index in [0.717, 1.165) is 6.42 Å². The van der Waals surface area contributed by atoms with Crippen molar-refractivity contribution in [2.75, 3.05) is 0 Å². The summed E-state index contributed by atoms with van der Waals surface area (Å²) < 4.78 is 1.95. The van der Waals surface area contributed by atoms with Gasteiger partial charge in [0.2, 0.25) is 0 Å². The van der Waals surface area contributed by atoms with Gasteiger partial charge >= 0.3 is 0 Å². The third-order valence-corrected chi connectivity index (χ3v) is 2.56. The lowest BCUT2D eigenvalue weighted by atomic mass is 10.1. The van der Waals surface area contributed by atoms with Gasteiger partial charge in [0.15, 0.2) is 0 Å². The smallest absolute Gasteiger partial charge is 0.0656 e. The molecule has 1 aromatic heterocycles. The van der Waals surface area contributed by atoms with Crippen LogP contribution < -0.4 is 0 Å². The van der Waals surface area contributed by atoms with Gasteiger partial charge in [-0.25, -0.2) is 0 Å². The predicted molar refractivity (Wildman–Crippen MR) is 60.4 cm³/mol. The summed E-state index contributed by atoms with van der Waals surface area (Å²) in [6, 6.07) is 0. The first-order chi connectivity index (χ1) is 6.77. The maximum Gasteiger partial charge on any atom is 0.0656 e. The molecule has 14 heavy (non-hydrogen) atoms. The molecule has 0 aliphatic heterocycles. The normalized spacial score (nSPS) is 10.8. The minimum atomic E-state index is 1.15. The molecule has 0 fully saturated rings. The number of aromatic nitrogens is 2. The van der Waals surface area contributed by atoms with Crippen molar-refractivity contribution in [2.45, 2.75) is 52.4 Å². The molecule has 0 saturated heterocycles. The summed E-state index contributed by atoms with van der Waals surface area (Å²) in [6.07, 6.45) is 9.59. The molecular formula is C12H22N2. The quantitative estimate of drug-likeness (QED) is 0.680. The summed E-state index contributed by atoms with van der Waals surface area (Å²) in [5, 5.41) is 4.52. The second-order valence-corrected chi connectivity index (χ2v) is 3.98. The van der Waals surface area contributed by atoms with Crippen LogP contribution in [0, 0.1) is 0 Å². The van der Waals surface area contributed by atoms with E-state index in [9.17, 15) is 0 Å². The topological polar surface area (TPSA) is 17.8 Å². The summed E-state index contributed by atoms with van der Waals surface area (Å²) in [4.78, 5) is 0. The molecule has 1 aromatic rings. The minimum Gasteiger partial charge on any atom is -0.275 e. The van der Waals surface area contributed by atoms with Crippen molar-refractivity contribution < 1.29 is 0 Å². The van der Waals surface area contributed by atoms with Gasteiger partial charge in [0.05, 0.1) is 5.69 Å². The molecule has 80 valence electrons. The predicted octanol–water partition coefficient (Wildman–Crippen LogP) is 3.11. The lowest BCUT2D eigenvalue weighted by Gasteiger charge is -1.99. The maximum absolute atomic E-state index is 4.52. The molecule has 0 aliphatic carbocycles. The van der Waals surface area contributed by atoms with E-state index >= 15 is 0 Å². The van der Waals surface area contributed by atoms with Crippen LogP contribution in [0.2, 0.25) is 0 Å². The molecule has 0 unspecified atom stereocenters. The Morgan fingerprint density at radius 2 is 1.79 bits per heavy atom. The number of hydrogen-bond acceptors (Lipinski definition) is 1. The molecule has 0 radical (unpaired) electrons. The van der Waals surface area contributed by atoms with Crippen LogP contribution in [-0.4, -0.2) is 9.78 Å². The van der Waals surface area contributed by atoms with Crippen LogP contribution >= 0.6 is 0 Å². The van der Waals surface area contributed by atoms with Gasteiger partial charge in [-0.3, -0.25) is 4.68 Å². The third-order valence-electron chi connectivity index (χ3n) is 2.56. The van der Waals surface area contributed by atoms with E-state index in [1.165, 1.54) is 43.4 Å². The van der Waals surface area contributed by atoms with Crippen LogP contribution in [-0.2, 0) is 19.9 Å². The molecule has 0 bridgehead atoms. The Balaban J connectivity index is 2.60. The van der Waals surface area contributed by atoms with Crippen LogP contribution in [0.1, 0.15) is 50.8 Å². The number of rotatable bonds is 6. The van der Waals surface area contributed by atoms with Gasteiger partial charge in [-0.1, -0.05) is 26.7 Å². The molecule has 1 heterocycles. The highest BCUT2D eigenvalue weighted by molar-refractivity contribution is 5.17. The van der Waals surface area contributed by atoms with E-state index in [4.69, 9.17) is 0 Å². The Labute approximate surface area is 87.3 Å². The van der Waals surface area contributed by atoms with Crippen molar-refractivity contribution >= 4 is 0 Å².